The van der Waals surface area contributed by atoms with Crippen LogP contribution in [0, 0.1) is 5.92 Å². The zero-order valence-corrected chi connectivity index (χ0v) is 9.49. The summed E-state index contributed by atoms with van der Waals surface area (Å²) in [6, 6.07) is 0. The average Bonchev–Trinajstić information content (AvgIpc) is 2.00. The molecule has 0 heterocycles. The van der Waals surface area contributed by atoms with Gasteiger partial charge in [-0.2, -0.15) is 0 Å². The molecule has 0 aromatic carbocycles. The summed E-state index contributed by atoms with van der Waals surface area (Å²) in [6.45, 7) is 8.32. The van der Waals surface area contributed by atoms with E-state index < -0.39 is 11.0 Å². The lowest BCUT2D eigenvalue weighted by Crippen LogP contribution is -2.29. The molecule has 0 spiro atoms. The van der Waals surface area contributed by atoms with Crippen LogP contribution in [0.5, 0.6) is 0 Å². The third-order valence-corrected chi connectivity index (χ3v) is 3.15. The maximum Gasteiger partial charge on any atom is 0.0910 e. The molecule has 0 aliphatic carbocycles. The standard InChI is InChI=1S/C9H21NOS/c1-5-7-9(3)8-10(6-2)12(4)11/h9H,5-8H2,1-4H3. The molecule has 0 saturated heterocycles. The molecule has 0 aliphatic rings. The first-order chi connectivity index (χ1) is 5.61. The second-order valence-corrected chi connectivity index (χ2v) is 4.66. The van der Waals surface area contributed by atoms with Crippen LogP contribution in [0.25, 0.3) is 0 Å². The van der Waals surface area contributed by atoms with E-state index in [0.717, 1.165) is 13.1 Å². The Kier molecular flexibility index (Phi) is 6.67. The third-order valence-electron chi connectivity index (χ3n) is 2.01. The minimum Gasteiger partial charge on any atom is -0.243 e. The Hall–Kier alpha value is 0.110. The van der Waals surface area contributed by atoms with Gasteiger partial charge in [-0.1, -0.05) is 27.2 Å². The summed E-state index contributed by atoms with van der Waals surface area (Å²) in [5, 5.41) is 0. The van der Waals surface area contributed by atoms with Gasteiger partial charge in [0.2, 0.25) is 0 Å². The maximum atomic E-state index is 11.2. The molecule has 2 unspecified atom stereocenters. The van der Waals surface area contributed by atoms with E-state index in [-0.39, 0.29) is 0 Å². The van der Waals surface area contributed by atoms with Gasteiger partial charge in [0.05, 0.1) is 11.0 Å². The van der Waals surface area contributed by atoms with Gasteiger partial charge in [0.15, 0.2) is 0 Å². The van der Waals surface area contributed by atoms with Gasteiger partial charge in [-0.3, -0.25) is 0 Å². The minimum absolute atomic E-state index is 0.666. The second kappa shape index (κ2) is 6.61. The van der Waals surface area contributed by atoms with Crippen LogP contribution in [0.1, 0.15) is 33.6 Å². The lowest BCUT2D eigenvalue weighted by molar-refractivity contribution is 0.372. The number of hydrogen-bond donors (Lipinski definition) is 0. The molecule has 3 heteroatoms. The molecule has 0 amide bonds. The van der Waals surface area contributed by atoms with E-state index in [1.165, 1.54) is 12.8 Å². The van der Waals surface area contributed by atoms with Crippen molar-refractivity contribution in [2.24, 2.45) is 5.92 Å². The van der Waals surface area contributed by atoms with E-state index in [1.807, 2.05) is 4.31 Å². The fraction of sp³-hybridized carbons (Fsp3) is 1.00. The van der Waals surface area contributed by atoms with Gasteiger partial charge in [-0.15, -0.1) is 0 Å². The smallest absolute Gasteiger partial charge is 0.0910 e. The largest absolute Gasteiger partial charge is 0.243 e. The molecule has 12 heavy (non-hydrogen) atoms. The predicted octanol–water partition coefficient (Wildman–Crippen LogP) is 2.04. The van der Waals surface area contributed by atoms with Crippen molar-refractivity contribution >= 4 is 11.0 Å². The van der Waals surface area contributed by atoms with Gasteiger partial charge >= 0.3 is 0 Å². The molecule has 0 N–H and O–H groups in total. The molecular formula is C9H21NOS. The van der Waals surface area contributed by atoms with Crippen LogP contribution >= 0.6 is 0 Å². The van der Waals surface area contributed by atoms with E-state index in [1.54, 1.807) is 6.26 Å². The van der Waals surface area contributed by atoms with Crippen molar-refractivity contribution in [2.45, 2.75) is 33.6 Å². The molecular weight excluding hydrogens is 170 g/mol. The summed E-state index contributed by atoms with van der Waals surface area (Å²) in [5.41, 5.74) is 0. The van der Waals surface area contributed by atoms with E-state index in [0.29, 0.717) is 5.92 Å². The summed E-state index contributed by atoms with van der Waals surface area (Å²) < 4.78 is 13.2. The van der Waals surface area contributed by atoms with Crippen LogP contribution < -0.4 is 0 Å². The van der Waals surface area contributed by atoms with Gasteiger partial charge in [0, 0.05) is 19.3 Å². The average molecular weight is 191 g/mol. The summed E-state index contributed by atoms with van der Waals surface area (Å²) in [7, 11) is -0.794. The molecule has 0 aromatic rings. The summed E-state index contributed by atoms with van der Waals surface area (Å²) in [6.07, 6.45) is 4.20. The first kappa shape index (κ1) is 12.1. The predicted molar refractivity (Wildman–Crippen MR) is 55.4 cm³/mol. The van der Waals surface area contributed by atoms with E-state index in [2.05, 4.69) is 20.8 Å². The lowest BCUT2D eigenvalue weighted by Gasteiger charge is -2.20. The monoisotopic (exact) mass is 191 g/mol. The van der Waals surface area contributed by atoms with Gasteiger partial charge in [-0.25, -0.2) is 8.51 Å². The van der Waals surface area contributed by atoms with E-state index in [9.17, 15) is 4.21 Å². The van der Waals surface area contributed by atoms with Gasteiger partial charge in [0.25, 0.3) is 0 Å². The zero-order valence-electron chi connectivity index (χ0n) is 8.67. The second-order valence-electron chi connectivity index (χ2n) is 3.30. The molecule has 0 bridgehead atoms. The zero-order chi connectivity index (χ0) is 9.56. The molecule has 0 rings (SSSR count). The van der Waals surface area contributed by atoms with Crippen LogP contribution in [0.4, 0.5) is 0 Å². The molecule has 0 fully saturated rings. The van der Waals surface area contributed by atoms with Crippen molar-refractivity contribution in [1.82, 2.24) is 4.31 Å². The highest BCUT2D eigenvalue weighted by atomic mass is 32.2. The Bertz CT molecular complexity index is 138. The van der Waals surface area contributed by atoms with Crippen molar-refractivity contribution in [3.63, 3.8) is 0 Å². The van der Waals surface area contributed by atoms with Gasteiger partial charge in [0.1, 0.15) is 0 Å². The number of nitrogens with zero attached hydrogens (tertiary/aromatic N) is 1. The molecule has 0 radical (unpaired) electrons. The maximum absolute atomic E-state index is 11.2. The highest BCUT2D eigenvalue weighted by Gasteiger charge is 2.10. The van der Waals surface area contributed by atoms with Crippen LogP contribution in [0.2, 0.25) is 0 Å². The topological polar surface area (TPSA) is 20.3 Å². The number of hydrogen-bond acceptors (Lipinski definition) is 1. The van der Waals surface area contributed by atoms with Crippen molar-refractivity contribution in [1.29, 1.82) is 0 Å². The van der Waals surface area contributed by atoms with E-state index in [4.69, 9.17) is 0 Å². The Morgan fingerprint density at radius 2 is 2.00 bits per heavy atom. The van der Waals surface area contributed by atoms with Gasteiger partial charge in [-0.05, 0) is 12.3 Å². The highest BCUT2D eigenvalue weighted by molar-refractivity contribution is 7.81. The van der Waals surface area contributed by atoms with Crippen molar-refractivity contribution in [3.8, 4) is 0 Å². The normalized spacial score (nSPS) is 16.4. The summed E-state index contributed by atoms with van der Waals surface area (Å²) >= 11 is 0. The Labute approximate surface area is 78.9 Å². The lowest BCUT2D eigenvalue weighted by atomic mass is 10.1. The SMILES string of the molecule is CCCC(C)CN(CC)S(C)=O. The van der Waals surface area contributed by atoms with Crippen molar-refractivity contribution in [3.05, 3.63) is 0 Å². The Morgan fingerprint density at radius 1 is 1.42 bits per heavy atom. The van der Waals surface area contributed by atoms with Crippen LogP contribution in [-0.2, 0) is 11.0 Å². The minimum atomic E-state index is -0.794. The number of rotatable bonds is 6. The fourth-order valence-electron chi connectivity index (χ4n) is 1.35. The molecule has 0 aliphatic heterocycles. The first-order valence-corrected chi connectivity index (χ1v) is 6.21. The molecule has 2 atom stereocenters. The molecule has 74 valence electrons. The molecule has 2 nitrogen and oxygen atoms in total. The van der Waals surface area contributed by atoms with E-state index >= 15 is 0 Å². The summed E-state index contributed by atoms with van der Waals surface area (Å²) in [5.74, 6) is 0.666. The highest BCUT2D eigenvalue weighted by Crippen LogP contribution is 2.08. The van der Waals surface area contributed by atoms with Crippen molar-refractivity contribution in [2.75, 3.05) is 19.3 Å². The molecule has 0 aromatic heterocycles. The first-order valence-electron chi connectivity index (χ1n) is 4.70. The van der Waals surface area contributed by atoms with Crippen molar-refractivity contribution < 1.29 is 4.21 Å². The Balaban J connectivity index is 3.77. The van der Waals surface area contributed by atoms with Crippen LogP contribution in [0.15, 0.2) is 0 Å². The molecule has 0 saturated carbocycles. The van der Waals surface area contributed by atoms with Gasteiger partial charge < -0.3 is 0 Å². The fourth-order valence-corrected chi connectivity index (χ4v) is 2.18. The van der Waals surface area contributed by atoms with Crippen LogP contribution in [-0.4, -0.2) is 27.9 Å². The Morgan fingerprint density at radius 3 is 2.33 bits per heavy atom. The van der Waals surface area contributed by atoms with Crippen LogP contribution in [0.3, 0.4) is 0 Å². The third kappa shape index (κ3) is 4.88. The summed E-state index contributed by atoms with van der Waals surface area (Å²) in [4.78, 5) is 0. The quantitative estimate of drug-likeness (QED) is 0.629.